The van der Waals surface area contributed by atoms with E-state index in [1.54, 1.807) is 0 Å². The number of thioether (sulfide) groups is 1. The molecular weight excluding hydrogens is 352 g/mol. The number of hydrogen-bond donors (Lipinski definition) is 1. The van der Waals surface area contributed by atoms with Gasteiger partial charge in [0.05, 0.1) is 6.54 Å². The van der Waals surface area contributed by atoms with E-state index >= 15 is 0 Å². The van der Waals surface area contributed by atoms with Gasteiger partial charge in [-0.05, 0) is 61.4 Å². The summed E-state index contributed by atoms with van der Waals surface area (Å²) in [6.45, 7) is 5.64. The first-order chi connectivity index (χ1) is 12.0. The fourth-order valence-corrected chi connectivity index (χ4v) is 4.96. The number of amidine groups is 1. The molecule has 2 aromatic rings. The highest BCUT2D eigenvalue weighted by molar-refractivity contribution is 8.13. The molecule has 0 saturated carbocycles. The van der Waals surface area contributed by atoms with Crippen LogP contribution in [0.4, 0.5) is 5.69 Å². The van der Waals surface area contributed by atoms with E-state index in [-0.39, 0.29) is 0 Å². The molecule has 1 N–H and O–H groups in total. The smallest absolute Gasteiger partial charge is 0.316 e. The van der Waals surface area contributed by atoms with E-state index in [9.17, 15) is 5.11 Å². The van der Waals surface area contributed by atoms with Crippen LogP contribution in [0.3, 0.4) is 0 Å². The molecule has 4 rings (SSSR count). The number of β-amino-alcohol motifs (C(OH)–C–C–N with tert-alkyl or cyclic N) is 1. The highest BCUT2D eigenvalue weighted by Gasteiger charge is 2.53. The van der Waals surface area contributed by atoms with Crippen molar-refractivity contribution in [2.45, 2.75) is 26.0 Å². The van der Waals surface area contributed by atoms with E-state index in [1.807, 2.05) is 36.0 Å². The maximum atomic E-state index is 11.6. The standard InChI is InChI=1S/C20H22ClN2OS/c1-14-4-5-15(2)18(12-14)22-13-20(24,16-6-8-17(21)9-7-16)23-10-3-11-25-19(22)23/h4-9,12,24H,3,10-11,13H2,1-2H3/q+1/t20-/m1/s1. The normalized spacial score (nSPS) is 23.1. The molecule has 0 aliphatic carbocycles. The number of anilines is 1. The van der Waals surface area contributed by atoms with Crippen molar-refractivity contribution in [3.63, 3.8) is 0 Å². The van der Waals surface area contributed by atoms with Gasteiger partial charge in [-0.3, -0.25) is 0 Å². The molecule has 0 spiro atoms. The summed E-state index contributed by atoms with van der Waals surface area (Å²) in [4.78, 5) is 2.28. The van der Waals surface area contributed by atoms with Crippen LogP contribution in [-0.4, -0.2) is 33.7 Å². The number of halogens is 1. The first-order valence-corrected chi connectivity index (χ1v) is 9.96. The third-order valence-corrected chi connectivity index (χ3v) is 6.45. The summed E-state index contributed by atoms with van der Waals surface area (Å²) in [7, 11) is 0. The Morgan fingerprint density at radius 3 is 2.68 bits per heavy atom. The summed E-state index contributed by atoms with van der Waals surface area (Å²) in [6.07, 6.45) is 1.07. The van der Waals surface area contributed by atoms with Gasteiger partial charge >= 0.3 is 5.17 Å². The van der Waals surface area contributed by atoms with Gasteiger partial charge in [0, 0.05) is 16.3 Å². The Morgan fingerprint density at radius 2 is 1.92 bits per heavy atom. The zero-order chi connectivity index (χ0) is 17.6. The Bertz CT molecular complexity index is 849. The van der Waals surface area contributed by atoms with Crippen molar-refractivity contribution in [2.75, 3.05) is 23.7 Å². The average molecular weight is 374 g/mol. The summed E-state index contributed by atoms with van der Waals surface area (Å²) in [5.41, 5.74) is 3.51. The number of nitrogens with zero attached hydrogens (tertiary/aromatic N) is 2. The van der Waals surface area contributed by atoms with Crippen LogP contribution in [0.5, 0.6) is 0 Å². The molecule has 2 heterocycles. The quantitative estimate of drug-likeness (QED) is 0.802. The third-order valence-electron chi connectivity index (χ3n) is 5.01. The first-order valence-electron chi connectivity index (χ1n) is 8.60. The molecule has 5 heteroatoms. The molecule has 1 atom stereocenters. The van der Waals surface area contributed by atoms with Crippen LogP contribution in [0, 0.1) is 13.8 Å². The molecular formula is C20H22ClN2OS+. The molecule has 0 amide bonds. The molecule has 25 heavy (non-hydrogen) atoms. The topological polar surface area (TPSA) is 26.5 Å². The second kappa shape index (κ2) is 6.35. The SMILES string of the molecule is Cc1ccc(C)c(N2C[C@@](O)(c3ccc(Cl)cc3)[N+]3=C2SCCC3)c1. The minimum atomic E-state index is -1.02. The second-order valence-corrected chi connectivity index (χ2v) is 8.33. The Balaban J connectivity index is 1.83. The van der Waals surface area contributed by atoms with Gasteiger partial charge in [-0.2, -0.15) is 0 Å². The van der Waals surface area contributed by atoms with E-state index < -0.39 is 5.72 Å². The van der Waals surface area contributed by atoms with E-state index in [1.165, 1.54) is 16.8 Å². The Kier molecular flexibility index (Phi) is 4.30. The van der Waals surface area contributed by atoms with E-state index in [0.717, 1.165) is 29.4 Å². The molecule has 0 aromatic heterocycles. The van der Waals surface area contributed by atoms with Crippen molar-refractivity contribution < 1.29 is 9.68 Å². The van der Waals surface area contributed by atoms with Crippen LogP contribution in [0.2, 0.25) is 5.02 Å². The molecule has 0 fully saturated rings. The summed E-state index contributed by atoms with van der Waals surface area (Å²) in [5, 5.41) is 13.5. The van der Waals surface area contributed by atoms with Crippen LogP contribution in [-0.2, 0) is 5.72 Å². The van der Waals surface area contributed by atoms with Crippen LogP contribution in [0.15, 0.2) is 42.5 Å². The average Bonchev–Trinajstić information content (AvgIpc) is 2.92. The van der Waals surface area contributed by atoms with Gasteiger partial charge < -0.3 is 5.11 Å². The van der Waals surface area contributed by atoms with E-state index in [0.29, 0.717) is 11.6 Å². The summed E-state index contributed by atoms with van der Waals surface area (Å²) in [6, 6.07) is 14.1. The molecule has 0 bridgehead atoms. The molecule has 0 radical (unpaired) electrons. The molecule has 2 aliphatic heterocycles. The number of aliphatic hydroxyl groups is 1. The van der Waals surface area contributed by atoms with E-state index in [2.05, 4.69) is 41.5 Å². The minimum Gasteiger partial charge on any atom is -0.346 e. The van der Waals surface area contributed by atoms with Crippen molar-refractivity contribution in [1.82, 2.24) is 0 Å². The molecule has 0 saturated heterocycles. The van der Waals surface area contributed by atoms with Crippen molar-refractivity contribution in [1.29, 1.82) is 0 Å². The lowest BCUT2D eigenvalue weighted by atomic mass is 10.0. The predicted octanol–water partition coefficient (Wildman–Crippen LogP) is 4.13. The van der Waals surface area contributed by atoms with Gasteiger partial charge in [-0.15, -0.1) is 0 Å². The predicted molar refractivity (Wildman–Crippen MR) is 106 cm³/mol. The van der Waals surface area contributed by atoms with Gasteiger partial charge in [0.25, 0.3) is 5.72 Å². The van der Waals surface area contributed by atoms with Crippen molar-refractivity contribution in [2.24, 2.45) is 0 Å². The summed E-state index contributed by atoms with van der Waals surface area (Å²) in [5.74, 6) is 1.09. The number of hydrogen-bond acceptors (Lipinski definition) is 3. The largest absolute Gasteiger partial charge is 0.346 e. The highest BCUT2D eigenvalue weighted by atomic mass is 35.5. The lowest BCUT2D eigenvalue weighted by Gasteiger charge is -2.24. The Morgan fingerprint density at radius 1 is 1.16 bits per heavy atom. The zero-order valence-electron chi connectivity index (χ0n) is 14.5. The maximum absolute atomic E-state index is 11.6. The number of rotatable bonds is 2. The Hall–Kier alpha value is -1.49. The van der Waals surface area contributed by atoms with Gasteiger partial charge in [-0.1, -0.05) is 35.9 Å². The number of aryl methyl sites for hydroxylation is 2. The third kappa shape index (κ3) is 2.86. The van der Waals surface area contributed by atoms with Crippen LogP contribution < -0.4 is 4.90 Å². The Labute approximate surface area is 157 Å². The van der Waals surface area contributed by atoms with Crippen molar-refractivity contribution in [3.8, 4) is 0 Å². The molecule has 2 aromatic carbocycles. The monoisotopic (exact) mass is 373 g/mol. The van der Waals surface area contributed by atoms with Crippen molar-refractivity contribution in [3.05, 3.63) is 64.2 Å². The zero-order valence-corrected chi connectivity index (χ0v) is 16.1. The minimum absolute atomic E-state index is 0.529. The van der Waals surface area contributed by atoms with Crippen LogP contribution in [0.25, 0.3) is 0 Å². The maximum Gasteiger partial charge on any atom is 0.316 e. The van der Waals surface area contributed by atoms with Gasteiger partial charge in [0.15, 0.2) is 6.54 Å². The lowest BCUT2D eigenvalue weighted by Crippen LogP contribution is -2.41. The lowest BCUT2D eigenvalue weighted by molar-refractivity contribution is -0.656. The van der Waals surface area contributed by atoms with E-state index in [4.69, 9.17) is 11.6 Å². The van der Waals surface area contributed by atoms with Gasteiger partial charge in [0.2, 0.25) is 0 Å². The second-order valence-electron chi connectivity index (χ2n) is 6.84. The molecule has 2 aliphatic rings. The van der Waals surface area contributed by atoms with Gasteiger partial charge in [0.1, 0.15) is 5.69 Å². The summed E-state index contributed by atoms with van der Waals surface area (Å²) < 4.78 is 2.16. The number of benzene rings is 2. The molecule has 3 nitrogen and oxygen atoms in total. The van der Waals surface area contributed by atoms with Gasteiger partial charge in [-0.25, -0.2) is 9.48 Å². The molecule has 0 unspecified atom stereocenters. The van der Waals surface area contributed by atoms with Crippen molar-refractivity contribution >= 4 is 34.2 Å². The molecule has 130 valence electrons. The summed E-state index contributed by atoms with van der Waals surface area (Å²) >= 11 is 7.88. The fraction of sp³-hybridized carbons (Fsp3) is 0.350. The first kappa shape index (κ1) is 17.0. The van der Waals surface area contributed by atoms with Crippen LogP contribution in [0.1, 0.15) is 23.1 Å². The fourth-order valence-electron chi connectivity index (χ4n) is 3.66. The highest BCUT2D eigenvalue weighted by Crippen LogP contribution is 2.39. The van der Waals surface area contributed by atoms with Crippen LogP contribution >= 0.6 is 23.4 Å².